The van der Waals surface area contributed by atoms with E-state index in [4.69, 9.17) is 9.47 Å². The molecule has 0 amide bonds. The van der Waals surface area contributed by atoms with Gasteiger partial charge in [-0.1, -0.05) is 42.7 Å². The van der Waals surface area contributed by atoms with Gasteiger partial charge < -0.3 is 14.6 Å². The lowest BCUT2D eigenvalue weighted by atomic mass is 9.71. The Hall–Kier alpha value is -1.98. The normalized spacial score (nSPS) is 23.0. The molecule has 5 heteroatoms. The topological polar surface area (TPSA) is 72.8 Å². The van der Waals surface area contributed by atoms with Crippen LogP contribution in [0.2, 0.25) is 0 Å². The lowest BCUT2D eigenvalue weighted by Gasteiger charge is -2.35. The van der Waals surface area contributed by atoms with Crippen LogP contribution >= 0.6 is 0 Å². The summed E-state index contributed by atoms with van der Waals surface area (Å²) in [6.07, 6.45) is 11.9. The van der Waals surface area contributed by atoms with Crippen molar-refractivity contribution in [3.05, 3.63) is 46.1 Å². The molecular formula is C26H38O5. The third-order valence-corrected chi connectivity index (χ3v) is 6.51. The van der Waals surface area contributed by atoms with Crippen LogP contribution in [0.25, 0.3) is 0 Å². The Balaban J connectivity index is 1.84. The van der Waals surface area contributed by atoms with Gasteiger partial charge in [0.2, 0.25) is 6.29 Å². The van der Waals surface area contributed by atoms with Crippen LogP contribution in [-0.2, 0) is 19.1 Å². The van der Waals surface area contributed by atoms with Gasteiger partial charge >= 0.3 is 5.97 Å². The van der Waals surface area contributed by atoms with Gasteiger partial charge in [-0.25, -0.2) is 4.79 Å². The highest BCUT2D eigenvalue weighted by Crippen LogP contribution is 2.42. The smallest absolute Gasteiger partial charge is 0.333 e. The van der Waals surface area contributed by atoms with Crippen molar-refractivity contribution in [2.45, 2.75) is 91.5 Å². The number of hydrogen-bond acceptors (Lipinski definition) is 5. The number of aliphatic hydroxyl groups is 1. The number of methoxy groups -OCH3 is 1. The second-order valence-corrected chi connectivity index (χ2v) is 9.38. The summed E-state index contributed by atoms with van der Waals surface area (Å²) in [5.41, 5.74) is 5.88. The van der Waals surface area contributed by atoms with Crippen LogP contribution in [0.1, 0.15) is 79.1 Å². The van der Waals surface area contributed by atoms with E-state index in [1.807, 2.05) is 0 Å². The number of rotatable bonds is 11. The minimum atomic E-state index is -0.918. The molecule has 31 heavy (non-hydrogen) atoms. The van der Waals surface area contributed by atoms with Crippen molar-refractivity contribution >= 4 is 12.3 Å². The monoisotopic (exact) mass is 430 g/mol. The first-order chi connectivity index (χ1) is 14.7. The van der Waals surface area contributed by atoms with Gasteiger partial charge in [-0.05, 0) is 76.2 Å². The first-order valence-electron chi connectivity index (χ1n) is 11.3. The van der Waals surface area contributed by atoms with E-state index in [2.05, 4.69) is 33.8 Å². The van der Waals surface area contributed by atoms with Crippen LogP contribution < -0.4 is 0 Å². The average Bonchev–Trinajstić information content (AvgIpc) is 3.10. The maximum atomic E-state index is 11.4. The van der Waals surface area contributed by atoms with Gasteiger partial charge in [0.15, 0.2) is 0 Å². The zero-order valence-electron chi connectivity index (χ0n) is 19.7. The number of esters is 1. The molecule has 1 unspecified atom stereocenters. The molecule has 172 valence electrons. The lowest BCUT2D eigenvalue weighted by Crippen LogP contribution is -2.22. The molecule has 1 heterocycles. The Kier molecular flexibility index (Phi) is 9.45. The number of hydrogen-bond donors (Lipinski definition) is 1. The first kappa shape index (κ1) is 25.3. The van der Waals surface area contributed by atoms with Gasteiger partial charge in [-0.3, -0.25) is 4.79 Å². The van der Waals surface area contributed by atoms with Gasteiger partial charge in [-0.15, -0.1) is 0 Å². The maximum Gasteiger partial charge on any atom is 0.333 e. The Labute approximate surface area is 186 Å². The minimum absolute atomic E-state index is 0.238. The number of ether oxygens (including phenoxy) is 2. The summed E-state index contributed by atoms with van der Waals surface area (Å²) in [6, 6.07) is 0. The molecule has 0 aromatic heterocycles. The van der Waals surface area contributed by atoms with E-state index in [9.17, 15) is 14.7 Å². The lowest BCUT2D eigenvalue weighted by molar-refractivity contribution is -0.156. The summed E-state index contributed by atoms with van der Waals surface area (Å²) in [5, 5.41) is 10.3. The van der Waals surface area contributed by atoms with Crippen LogP contribution in [0.4, 0.5) is 0 Å². The SMILES string of the molecule is COC1OC(=O)C=C1[C@H](O)C/C=C(/C=O)CC/C=C(\C)CCC1=C(C)CCCC1(C)C. The molecule has 0 saturated heterocycles. The molecule has 0 aromatic carbocycles. The fourth-order valence-electron chi connectivity index (χ4n) is 4.59. The molecule has 2 aliphatic rings. The Morgan fingerprint density at radius 3 is 2.74 bits per heavy atom. The number of allylic oxidation sites excluding steroid dienone is 5. The summed E-state index contributed by atoms with van der Waals surface area (Å²) in [4.78, 5) is 22.8. The molecule has 0 aromatic rings. The van der Waals surface area contributed by atoms with E-state index in [0.29, 0.717) is 23.0 Å². The predicted octanol–water partition coefficient (Wildman–Crippen LogP) is 5.35. The number of carbonyl (C=O) groups excluding carboxylic acids is 2. The maximum absolute atomic E-state index is 11.4. The first-order valence-corrected chi connectivity index (χ1v) is 11.3. The predicted molar refractivity (Wildman–Crippen MR) is 122 cm³/mol. The summed E-state index contributed by atoms with van der Waals surface area (Å²) in [5.74, 6) is -0.524. The van der Waals surface area contributed by atoms with Crippen molar-refractivity contribution in [3.8, 4) is 0 Å². The molecule has 1 aliphatic heterocycles. The summed E-state index contributed by atoms with van der Waals surface area (Å²) < 4.78 is 9.99. The van der Waals surface area contributed by atoms with Crippen LogP contribution in [0, 0.1) is 5.41 Å². The highest BCUT2D eigenvalue weighted by Gasteiger charge is 2.30. The average molecular weight is 431 g/mol. The molecule has 0 saturated carbocycles. The van der Waals surface area contributed by atoms with Crippen LogP contribution in [0.15, 0.2) is 46.1 Å². The van der Waals surface area contributed by atoms with Gasteiger partial charge in [0, 0.05) is 18.8 Å². The van der Waals surface area contributed by atoms with Crippen molar-refractivity contribution in [1.29, 1.82) is 0 Å². The van der Waals surface area contributed by atoms with Crippen molar-refractivity contribution in [2.75, 3.05) is 7.11 Å². The summed E-state index contributed by atoms with van der Waals surface area (Å²) in [6.45, 7) is 9.16. The number of aliphatic hydroxyl groups excluding tert-OH is 1. The quantitative estimate of drug-likeness (QED) is 0.207. The van der Waals surface area contributed by atoms with Gasteiger partial charge in [0.05, 0.1) is 6.10 Å². The number of aldehydes is 1. The fraction of sp³-hybridized carbons (Fsp3) is 0.615. The summed E-state index contributed by atoms with van der Waals surface area (Å²) in [7, 11) is 1.41. The van der Waals surface area contributed by atoms with Crippen LogP contribution in [0.3, 0.4) is 0 Å². The standard InChI is InChI=1S/C26H38O5/c1-18(11-13-22-19(2)9-7-15-26(22,3)4)8-6-10-20(17-27)12-14-23(28)21-16-24(29)31-25(21)30-5/h8,12,16-17,23,25,28H,6-7,9-11,13-15H2,1-5H3/b18-8+,20-12+/t23-,25?/m1/s1. The van der Waals surface area contributed by atoms with E-state index in [0.717, 1.165) is 25.5 Å². The molecule has 2 rings (SSSR count). The third kappa shape index (κ3) is 7.29. The third-order valence-electron chi connectivity index (χ3n) is 6.51. The molecule has 1 aliphatic carbocycles. The molecular weight excluding hydrogens is 392 g/mol. The van der Waals surface area contributed by atoms with E-state index in [-0.39, 0.29) is 6.42 Å². The van der Waals surface area contributed by atoms with Crippen LogP contribution in [0.5, 0.6) is 0 Å². The van der Waals surface area contributed by atoms with Crippen molar-refractivity contribution in [2.24, 2.45) is 5.41 Å². The molecule has 2 atom stereocenters. The van der Waals surface area contributed by atoms with E-state index >= 15 is 0 Å². The van der Waals surface area contributed by atoms with E-state index < -0.39 is 18.4 Å². The zero-order chi connectivity index (χ0) is 23.0. The second kappa shape index (κ2) is 11.6. The van der Waals surface area contributed by atoms with Gasteiger partial charge in [0.25, 0.3) is 0 Å². The van der Waals surface area contributed by atoms with E-state index in [1.165, 1.54) is 38.0 Å². The van der Waals surface area contributed by atoms with Gasteiger partial charge in [0.1, 0.15) is 6.29 Å². The Bertz CT molecular complexity index is 782. The number of cyclic esters (lactones) is 1. The van der Waals surface area contributed by atoms with Crippen LogP contribution in [-0.4, -0.2) is 36.9 Å². The second-order valence-electron chi connectivity index (χ2n) is 9.38. The zero-order valence-corrected chi connectivity index (χ0v) is 19.7. The number of carbonyl (C=O) groups is 2. The Morgan fingerprint density at radius 2 is 2.10 bits per heavy atom. The molecule has 0 fully saturated rings. The van der Waals surface area contributed by atoms with Crippen molar-refractivity contribution in [1.82, 2.24) is 0 Å². The highest BCUT2D eigenvalue weighted by molar-refractivity contribution is 5.85. The van der Waals surface area contributed by atoms with Crippen molar-refractivity contribution < 1.29 is 24.2 Å². The molecule has 1 N–H and O–H groups in total. The largest absolute Gasteiger partial charge is 0.428 e. The van der Waals surface area contributed by atoms with Gasteiger partial charge in [-0.2, -0.15) is 0 Å². The van der Waals surface area contributed by atoms with Crippen molar-refractivity contribution in [3.63, 3.8) is 0 Å². The molecule has 0 radical (unpaired) electrons. The highest BCUT2D eigenvalue weighted by atomic mass is 16.7. The molecule has 0 bridgehead atoms. The summed E-state index contributed by atoms with van der Waals surface area (Å²) >= 11 is 0. The molecule has 5 nitrogen and oxygen atoms in total. The Morgan fingerprint density at radius 1 is 1.35 bits per heavy atom. The molecule has 0 spiro atoms. The fourth-order valence-corrected chi connectivity index (χ4v) is 4.59. The van der Waals surface area contributed by atoms with E-state index in [1.54, 1.807) is 17.2 Å². The minimum Gasteiger partial charge on any atom is -0.428 e.